The highest BCUT2D eigenvalue weighted by Crippen LogP contribution is 2.22. The maximum Gasteiger partial charge on any atom is 0.417 e. The number of aliphatic imine (C=N–C) groups is 1. The van der Waals surface area contributed by atoms with E-state index in [1.807, 2.05) is 13.8 Å². The van der Waals surface area contributed by atoms with Crippen LogP contribution >= 0.6 is 12.6 Å². The summed E-state index contributed by atoms with van der Waals surface area (Å²) in [6.07, 6.45) is -0.347. The number of thiol groups is 1. The van der Waals surface area contributed by atoms with Crippen LogP contribution in [0, 0.1) is 5.41 Å². The zero-order valence-electron chi connectivity index (χ0n) is 8.07. The fourth-order valence-corrected chi connectivity index (χ4v) is 0.976. The van der Waals surface area contributed by atoms with Crippen LogP contribution in [-0.4, -0.2) is 36.4 Å². The lowest BCUT2D eigenvalue weighted by Gasteiger charge is -2.29. The Morgan fingerprint density at radius 3 is 2.77 bits per heavy atom. The van der Waals surface area contributed by atoms with Crippen LogP contribution in [0.25, 0.3) is 0 Å². The van der Waals surface area contributed by atoms with Gasteiger partial charge in [0.2, 0.25) is 5.90 Å². The molecule has 5 heteroatoms. The second-order valence-electron chi connectivity index (χ2n) is 3.71. The third-order valence-electron chi connectivity index (χ3n) is 1.90. The maximum absolute atomic E-state index is 11.2. The second-order valence-corrected chi connectivity index (χ2v) is 4.03. The summed E-state index contributed by atoms with van der Waals surface area (Å²) in [7, 11) is 1.65. The summed E-state index contributed by atoms with van der Waals surface area (Å²) in [4.78, 5) is 16.7. The molecule has 0 aromatic carbocycles. The molecule has 0 aromatic rings. The highest BCUT2D eigenvalue weighted by molar-refractivity contribution is 7.80. The highest BCUT2D eigenvalue weighted by atomic mass is 32.1. The van der Waals surface area contributed by atoms with Crippen molar-refractivity contribution in [3.63, 3.8) is 0 Å². The van der Waals surface area contributed by atoms with Crippen molar-refractivity contribution < 1.29 is 9.53 Å². The smallest absolute Gasteiger partial charge is 0.395 e. The minimum atomic E-state index is -0.347. The van der Waals surface area contributed by atoms with Crippen LogP contribution < -0.4 is 0 Å². The lowest BCUT2D eigenvalue weighted by Crippen LogP contribution is -2.41. The van der Waals surface area contributed by atoms with Crippen molar-refractivity contribution in [2.24, 2.45) is 10.4 Å². The molecule has 0 atom stereocenters. The first-order valence-electron chi connectivity index (χ1n) is 4.06. The predicted octanol–water partition coefficient (Wildman–Crippen LogP) is 1.38. The Kier molecular flexibility index (Phi) is 2.85. The first-order valence-corrected chi connectivity index (χ1v) is 4.69. The summed E-state index contributed by atoms with van der Waals surface area (Å²) in [5.41, 5.74) is -0.278. The van der Waals surface area contributed by atoms with Crippen molar-refractivity contribution in [3.8, 4) is 0 Å². The minimum absolute atomic E-state index is 0.278. The Hall–Kier alpha value is -0.710. The summed E-state index contributed by atoms with van der Waals surface area (Å²) in [6, 6.07) is 0. The van der Waals surface area contributed by atoms with E-state index in [1.165, 1.54) is 4.90 Å². The maximum atomic E-state index is 11.2. The van der Waals surface area contributed by atoms with Crippen molar-refractivity contribution in [1.82, 2.24) is 4.90 Å². The fraction of sp³-hybridized carbons (Fsp3) is 0.750. The average molecular weight is 202 g/mol. The van der Waals surface area contributed by atoms with Crippen LogP contribution in [-0.2, 0) is 4.74 Å². The summed E-state index contributed by atoms with van der Waals surface area (Å²) >= 11 is 4.18. The number of hydrogen-bond donors (Lipinski definition) is 1. The van der Waals surface area contributed by atoms with Gasteiger partial charge in [-0.2, -0.15) is 12.6 Å². The average Bonchev–Trinajstić information content (AvgIpc) is 2.09. The van der Waals surface area contributed by atoms with Gasteiger partial charge in [0.05, 0.1) is 0 Å². The van der Waals surface area contributed by atoms with E-state index in [0.29, 0.717) is 18.3 Å². The number of rotatable bonds is 2. The molecule has 1 amide bonds. The van der Waals surface area contributed by atoms with E-state index >= 15 is 0 Å². The summed E-state index contributed by atoms with van der Waals surface area (Å²) < 4.78 is 5.04. The number of amides is 1. The van der Waals surface area contributed by atoms with Crippen molar-refractivity contribution >= 4 is 24.6 Å². The molecule has 13 heavy (non-hydrogen) atoms. The molecule has 1 aliphatic heterocycles. The van der Waals surface area contributed by atoms with Gasteiger partial charge in [0, 0.05) is 18.2 Å². The standard InChI is InChI=1S/C8H14N2O2S/c1-8(2,4-13)6-9-5-10(3)7(11)12-6/h13H,4-5H2,1-3H3. The Morgan fingerprint density at radius 1 is 1.69 bits per heavy atom. The van der Waals surface area contributed by atoms with Crippen molar-refractivity contribution in [2.45, 2.75) is 13.8 Å². The molecule has 0 radical (unpaired) electrons. The van der Waals surface area contributed by atoms with E-state index in [0.717, 1.165) is 0 Å². The number of cyclic esters (lactones) is 1. The topological polar surface area (TPSA) is 41.9 Å². The largest absolute Gasteiger partial charge is 0.417 e. The molecule has 0 unspecified atom stereocenters. The van der Waals surface area contributed by atoms with Crippen LogP contribution in [0.5, 0.6) is 0 Å². The van der Waals surface area contributed by atoms with Crippen molar-refractivity contribution in [1.29, 1.82) is 0 Å². The van der Waals surface area contributed by atoms with E-state index in [4.69, 9.17) is 4.74 Å². The molecular weight excluding hydrogens is 188 g/mol. The van der Waals surface area contributed by atoms with Crippen molar-refractivity contribution in [3.05, 3.63) is 0 Å². The van der Waals surface area contributed by atoms with Gasteiger partial charge in [-0.1, -0.05) is 13.8 Å². The fourth-order valence-electron chi connectivity index (χ4n) is 0.841. The van der Waals surface area contributed by atoms with Gasteiger partial charge >= 0.3 is 6.09 Å². The number of carbonyl (C=O) groups is 1. The van der Waals surface area contributed by atoms with Crippen LogP contribution in [0.4, 0.5) is 4.79 Å². The van der Waals surface area contributed by atoms with E-state index in [2.05, 4.69) is 17.6 Å². The zero-order chi connectivity index (χ0) is 10.1. The Balaban J connectivity index is 2.79. The number of ether oxygens (including phenoxy) is 1. The molecule has 74 valence electrons. The number of carbonyl (C=O) groups excluding carboxylic acids is 1. The van der Waals surface area contributed by atoms with Gasteiger partial charge in [-0.3, -0.25) is 4.90 Å². The predicted molar refractivity (Wildman–Crippen MR) is 54.2 cm³/mol. The molecule has 0 fully saturated rings. The lowest BCUT2D eigenvalue weighted by molar-refractivity contribution is 0.144. The van der Waals surface area contributed by atoms with Gasteiger partial charge < -0.3 is 4.74 Å². The molecule has 0 aliphatic carbocycles. The van der Waals surface area contributed by atoms with Crippen molar-refractivity contribution in [2.75, 3.05) is 19.5 Å². The van der Waals surface area contributed by atoms with Gasteiger partial charge in [0.15, 0.2) is 0 Å². The van der Waals surface area contributed by atoms with E-state index < -0.39 is 0 Å². The third-order valence-corrected chi connectivity index (χ3v) is 2.69. The van der Waals surface area contributed by atoms with Crippen LogP contribution in [0.15, 0.2) is 4.99 Å². The van der Waals surface area contributed by atoms with Crippen LogP contribution in [0.1, 0.15) is 13.8 Å². The van der Waals surface area contributed by atoms with Gasteiger partial charge in [0.25, 0.3) is 0 Å². The zero-order valence-corrected chi connectivity index (χ0v) is 8.97. The molecular formula is C8H14N2O2S. The molecule has 0 spiro atoms. The van der Waals surface area contributed by atoms with Crippen LogP contribution in [0.3, 0.4) is 0 Å². The lowest BCUT2D eigenvalue weighted by atomic mass is 9.96. The Labute approximate surface area is 83.4 Å². The van der Waals surface area contributed by atoms with E-state index in [1.54, 1.807) is 7.05 Å². The summed E-state index contributed by atoms with van der Waals surface area (Å²) in [5.74, 6) is 1.08. The summed E-state index contributed by atoms with van der Waals surface area (Å²) in [6.45, 7) is 4.25. The first kappa shape index (κ1) is 10.4. The third kappa shape index (κ3) is 2.15. The molecule has 1 rings (SSSR count). The van der Waals surface area contributed by atoms with Crippen LogP contribution in [0.2, 0.25) is 0 Å². The molecule has 1 aliphatic rings. The highest BCUT2D eigenvalue weighted by Gasteiger charge is 2.31. The number of hydrogen-bond acceptors (Lipinski definition) is 4. The molecule has 0 saturated carbocycles. The molecule has 0 bridgehead atoms. The summed E-state index contributed by atoms with van der Waals surface area (Å²) in [5, 5.41) is 0. The normalized spacial score (nSPS) is 18.3. The van der Waals surface area contributed by atoms with E-state index in [9.17, 15) is 4.79 Å². The van der Waals surface area contributed by atoms with Gasteiger partial charge in [-0.15, -0.1) is 0 Å². The SMILES string of the molecule is CN1CN=C(C(C)(C)CS)OC1=O. The van der Waals surface area contributed by atoms with E-state index in [-0.39, 0.29) is 11.5 Å². The Bertz CT molecular complexity index is 251. The molecule has 1 heterocycles. The van der Waals surface area contributed by atoms with Gasteiger partial charge in [-0.25, -0.2) is 9.79 Å². The van der Waals surface area contributed by atoms with Gasteiger partial charge in [0.1, 0.15) is 6.67 Å². The van der Waals surface area contributed by atoms with Gasteiger partial charge in [-0.05, 0) is 0 Å². The first-order chi connectivity index (χ1) is 5.97. The molecule has 4 nitrogen and oxygen atoms in total. The molecule has 0 aromatic heterocycles. The molecule has 0 saturated heterocycles. The Morgan fingerprint density at radius 2 is 2.31 bits per heavy atom. The second kappa shape index (κ2) is 3.57. The molecule has 0 N–H and O–H groups in total. The quantitative estimate of drug-likeness (QED) is 0.687. The minimum Gasteiger partial charge on any atom is -0.395 e. The monoisotopic (exact) mass is 202 g/mol. The number of nitrogens with zero attached hydrogens (tertiary/aromatic N) is 2.